The summed E-state index contributed by atoms with van der Waals surface area (Å²) < 4.78 is 74.9. The molecular formula is C13H11F4N3O2S. The first kappa shape index (κ1) is 17.1. The summed E-state index contributed by atoms with van der Waals surface area (Å²) in [4.78, 5) is 7.84. The van der Waals surface area contributed by atoms with E-state index in [2.05, 4.69) is 9.97 Å². The van der Waals surface area contributed by atoms with E-state index >= 15 is 0 Å². The van der Waals surface area contributed by atoms with Crippen LogP contribution >= 0.6 is 0 Å². The maximum absolute atomic E-state index is 13.3. The zero-order valence-corrected chi connectivity index (χ0v) is 12.6. The van der Waals surface area contributed by atoms with Crippen LogP contribution in [-0.4, -0.2) is 30.9 Å². The molecule has 0 spiro atoms. The highest BCUT2D eigenvalue weighted by Crippen LogP contribution is 2.36. The molecule has 0 fully saturated rings. The number of halogens is 4. The van der Waals surface area contributed by atoms with Crippen LogP contribution < -0.4 is 4.90 Å². The van der Waals surface area contributed by atoms with Crippen molar-refractivity contribution in [3.05, 3.63) is 48.3 Å². The fourth-order valence-electron chi connectivity index (χ4n) is 1.88. The smallest absolute Gasteiger partial charge is 0.368 e. The van der Waals surface area contributed by atoms with E-state index in [4.69, 9.17) is 0 Å². The van der Waals surface area contributed by atoms with Crippen LogP contribution in [0.3, 0.4) is 0 Å². The van der Waals surface area contributed by atoms with Crippen molar-refractivity contribution in [3.63, 3.8) is 0 Å². The van der Waals surface area contributed by atoms with Gasteiger partial charge >= 0.3 is 5.51 Å². The Labute approximate surface area is 129 Å². The molecule has 0 bridgehead atoms. The Hall–Kier alpha value is -2.23. The molecule has 2 rings (SSSR count). The molecule has 1 heterocycles. The maximum atomic E-state index is 13.3. The fourth-order valence-corrected chi connectivity index (χ4v) is 2.90. The van der Waals surface area contributed by atoms with Crippen molar-refractivity contribution < 1.29 is 26.0 Å². The summed E-state index contributed by atoms with van der Waals surface area (Å²) in [5.41, 5.74) is -5.40. The molecule has 0 N–H and O–H groups in total. The summed E-state index contributed by atoms with van der Waals surface area (Å²) in [6.45, 7) is -0.000149. The largest absolute Gasteiger partial charge is 0.501 e. The van der Waals surface area contributed by atoms with Crippen LogP contribution in [0.15, 0.2) is 41.7 Å². The number of benzene rings is 1. The summed E-state index contributed by atoms with van der Waals surface area (Å²) in [6.07, 6.45) is 4.19. The summed E-state index contributed by atoms with van der Waals surface area (Å²) in [7, 11) is -4.31. The van der Waals surface area contributed by atoms with Gasteiger partial charge in [0.05, 0.1) is 24.1 Å². The second-order valence-corrected chi connectivity index (χ2v) is 6.52. The number of hydrogen-bond acceptors (Lipinski definition) is 5. The lowest BCUT2D eigenvalue weighted by molar-refractivity contribution is -0.0435. The van der Waals surface area contributed by atoms with Gasteiger partial charge in [-0.1, -0.05) is 0 Å². The summed E-state index contributed by atoms with van der Waals surface area (Å²) in [5, 5.41) is 0. The van der Waals surface area contributed by atoms with E-state index in [9.17, 15) is 26.0 Å². The van der Waals surface area contributed by atoms with Crippen LogP contribution in [0.4, 0.5) is 23.2 Å². The number of alkyl halides is 3. The molecule has 2 aromatic rings. The normalized spacial score (nSPS) is 12.2. The predicted octanol–water partition coefficient (Wildman–Crippen LogP) is 2.55. The average Bonchev–Trinajstić information content (AvgIpc) is 2.46. The first-order chi connectivity index (χ1) is 10.6. The minimum absolute atomic E-state index is 0.000149. The molecule has 0 saturated carbocycles. The van der Waals surface area contributed by atoms with Crippen molar-refractivity contribution >= 4 is 15.5 Å². The van der Waals surface area contributed by atoms with Gasteiger partial charge in [-0.2, -0.15) is 13.2 Å². The molecule has 0 aliphatic carbocycles. The second-order valence-electron chi connectivity index (χ2n) is 4.61. The number of hydrogen-bond donors (Lipinski definition) is 0. The number of sulfone groups is 1. The Morgan fingerprint density at radius 2 is 1.91 bits per heavy atom. The van der Waals surface area contributed by atoms with Gasteiger partial charge in [-0.25, -0.2) is 12.8 Å². The van der Waals surface area contributed by atoms with E-state index in [1.165, 1.54) is 30.5 Å². The van der Waals surface area contributed by atoms with E-state index in [1.807, 2.05) is 0 Å². The SMILES string of the molecule is CN(Cc1cnccn1)c1ccc(F)cc1S(=O)(=O)C(F)(F)F. The van der Waals surface area contributed by atoms with Crippen LogP contribution in [0.1, 0.15) is 5.69 Å². The average molecular weight is 349 g/mol. The van der Waals surface area contributed by atoms with Crippen molar-refractivity contribution in [2.24, 2.45) is 0 Å². The van der Waals surface area contributed by atoms with Crippen LogP contribution in [0, 0.1) is 5.82 Å². The van der Waals surface area contributed by atoms with Gasteiger partial charge in [0.25, 0.3) is 9.84 Å². The molecule has 124 valence electrons. The highest BCUT2D eigenvalue weighted by Gasteiger charge is 2.48. The molecule has 23 heavy (non-hydrogen) atoms. The molecule has 0 radical (unpaired) electrons. The number of aromatic nitrogens is 2. The van der Waals surface area contributed by atoms with Gasteiger partial charge in [0, 0.05) is 19.4 Å². The van der Waals surface area contributed by atoms with Crippen molar-refractivity contribution in [2.75, 3.05) is 11.9 Å². The monoisotopic (exact) mass is 349 g/mol. The van der Waals surface area contributed by atoms with E-state index in [0.29, 0.717) is 11.8 Å². The number of nitrogens with zero attached hydrogens (tertiary/aromatic N) is 3. The third kappa shape index (κ3) is 3.58. The zero-order chi connectivity index (χ0) is 17.3. The summed E-state index contributed by atoms with van der Waals surface area (Å²) in [6, 6.07) is 2.22. The van der Waals surface area contributed by atoms with Gasteiger partial charge in [0.15, 0.2) is 0 Å². The first-order valence-electron chi connectivity index (χ1n) is 6.20. The number of anilines is 1. The number of rotatable bonds is 4. The van der Waals surface area contributed by atoms with Crippen LogP contribution in [0.25, 0.3) is 0 Å². The standard InChI is InChI=1S/C13H11F4N3O2S/c1-20(8-10-7-18-4-5-19-10)11-3-2-9(14)6-12(11)23(21,22)13(15,16)17/h2-7H,8H2,1H3. The van der Waals surface area contributed by atoms with Crippen molar-refractivity contribution in [2.45, 2.75) is 16.9 Å². The highest BCUT2D eigenvalue weighted by molar-refractivity contribution is 7.92. The molecule has 0 amide bonds. The Morgan fingerprint density at radius 3 is 2.48 bits per heavy atom. The Balaban J connectivity index is 2.48. The quantitative estimate of drug-likeness (QED) is 0.794. The van der Waals surface area contributed by atoms with Crippen molar-refractivity contribution in [3.8, 4) is 0 Å². The molecule has 10 heteroatoms. The van der Waals surface area contributed by atoms with E-state index < -0.39 is 26.1 Å². The second kappa shape index (κ2) is 6.11. The van der Waals surface area contributed by atoms with Crippen LogP contribution in [-0.2, 0) is 16.4 Å². The predicted molar refractivity (Wildman–Crippen MR) is 73.8 cm³/mol. The lowest BCUT2D eigenvalue weighted by Crippen LogP contribution is -2.27. The lowest BCUT2D eigenvalue weighted by Gasteiger charge is -2.22. The van der Waals surface area contributed by atoms with Gasteiger partial charge in [0.2, 0.25) is 0 Å². The van der Waals surface area contributed by atoms with E-state index in [-0.39, 0.29) is 12.2 Å². The molecule has 1 aromatic carbocycles. The minimum atomic E-state index is -5.68. The maximum Gasteiger partial charge on any atom is 0.501 e. The molecule has 0 saturated heterocycles. The topological polar surface area (TPSA) is 63.2 Å². The summed E-state index contributed by atoms with van der Waals surface area (Å²) >= 11 is 0. The zero-order valence-electron chi connectivity index (χ0n) is 11.7. The Kier molecular flexibility index (Phi) is 4.55. The van der Waals surface area contributed by atoms with Gasteiger partial charge in [-0.3, -0.25) is 9.97 Å². The van der Waals surface area contributed by atoms with Crippen LogP contribution in [0.2, 0.25) is 0 Å². The van der Waals surface area contributed by atoms with Crippen molar-refractivity contribution in [1.29, 1.82) is 0 Å². The third-order valence-electron chi connectivity index (χ3n) is 2.94. The van der Waals surface area contributed by atoms with E-state index in [1.54, 1.807) is 0 Å². The molecule has 0 aliphatic rings. The molecule has 0 aliphatic heterocycles. The highest BCUT2D eigenvalue weighted by atomic mass is 32.2. The van der Waals surface area contributed by atoms with E-state index in [0.717, 1.165) is 12.1 Å². The molecule has 1 aromatic heterocycles. The minimum Gasteiger partial charge on any atom is -0.368 e. The lowest BCUT2D eigenvalue weighted by atomic mass is 10.2. The van der Waals surface area contributed by atoms with Crippen molar-refractivity contribution in [1.82, 2.24) is 9.97 Å². The Bertz CT molecular complexity index is 795. The molecular weight excluding hydrogens is 338 g/mol. The van der Waals surface area contributed by atoms with Gasteiger partial charge < -0.3 is 4.90 Å². The first-order valence-corrected chi connectivity index (χ1v) is 7.68. The van der Waals surface area contributed by atoms with Gasteiger partial charge in [0.1, 0.15) is 10.7 Å². The van der Waals surface area contributed by atoms with Gasteiger partial charge in [-0.15, -0.1) is 0 Å². The molecule has 5 nitrogen and oxygen atoms in total. The molecule has 0 unspecified atom stereocenters. The molecule has 0 atom stereocenters. The van der Waals surface area contributed by atoms with Gasteiger partial charge in [-0.05, 0) is 18.2 Å². The fraction of sp³-hybridized carbons (Fsp3) is 0.231. The Morgan fingerprint density at radius 1 is 1.22 bits per heavy atom. The summed E-state index contributed by atoms with van der Waals surface area (Å²) in [5.74, 6) is -1.08. The third-order valence-corrected chi connectivity index (χ3v) is 4.46. The van der Waals surface area contributed by atoms with Crippen LogP contribution in [0.5, 0.6) is 0 Å².